The van der Waals surface area contributed by atoms with E-state index in [1.165, 1.54) is 11.1 Å². The monoisotopic (exact) mass is 487 g/mol. The Bertz CT molecular complexity index is 1390. The molecule has 0 aliphatic carbocycles. The first-order chi connectivity index (χ1) is 17.0. The first-order valence-electron chi connectivity index (χ1n) is 11.4. The average molecular weight is 488 g/mol. The predicted octanol–water partition coefficient (Wildman–Crippen LogP) is 5.30. The van der Waals surface area contributed by atoms with E-state index in [0.29, 0.717) is 40.8 Å². The maximum atomic E-state index is 13.0. The number of nitrogens with zero attached hydrogens (tertiary/aromatic N) is 1. The number of methoxy groups -OCH3 is 2. The first kappa shape index (κ1) is 24.3. The molecule has 7 heteroatoms. The second-order valence-corrected chi connectivity index (χ2v) is 8.70. The highest BCUT2D eigenvalue weighted by molar-refractivity contribution is 7.80. The normalized spacial score (nSPS) is 10.7. The summed E-state index contributed by atoms with van der Waals surface area (Å²) in [7, 11) is 3.17. The van der Waals surface area contributed by atoms with Crippen LogP contribution in [0.2, 0.25) is 0 Å². The van der Waals surface area contributed by atoms with Crippen LogP contribution in [-0.2, 0) is 13.0 Å². The van der Waals surface area contributed by atoms with Gasteiger partial charge in [0.25, 0.3) is 5.56 Å². The van der Waals surface area contributed by atoms with E-state index in [9.17, 15) is 4.79 Å². The highest BCUT2D eigenvalue weighted by atomic mass is 32.1. The second kappa shape index (κ2) is 11.1. The van der Waals surface area contributed by atoms with Crippen LogP contribution in [0.5, 0.6) is 11.5 Å². The first-order valence-corrected chi connectivity index (χ1v) is 11.8. The van der Waals surface area contributed by atoms with Gasteiger partial charge in [-0.2, -0.15) is 0 Å². The Morgan fingerprint density at radius 1 is 0.943 bits per heavy atom. The third-order valence-corrected chi connectivity index (χ3v) is 6.37. The molecule has 0 aliphatic rings. The molecule has 0 atom stereocenters. The minimum atomic E-state index is -0.159. The smallest absolute Gasteiger partial charge is 0.253 e. The van der Waals surface area contributed by atoms with Crippen LogP contribution in [0.3, 0.4) is 0 Å². The highest BCUT2D eigenvalue weighted by Crippen LogP contribution is 2.31. The molecule has 1 heterocycles. The molecule has 0 fully saturated rings. The topological polar surface area (TPSA) is 66.6 Å². The van der Waals surface area contributed by atoms with Crippen molar-refractivity contribution in [1.29, 1.82) is 0 Å². The minimum absolute atomic E-state index is 0.159. The van der Waals surface area contributed by atoms with Crippen molar-refractivity contribution in [2.24, 2.45) is 0 Å². The SMILES string of the molecule is COc1cc2cc(CN(CCc3ccccc3C)C(=S)Nc3ccccc3)c(=O)[nH]c2cc1OC. The summed E-state index contributed by atoms with van der Waals surface area (Å²) in [5.41, 5.74) is 4.54. The van der Waals surface area contributed by atoms with Gasteiger partial charge in [-0.05, 0) is 61.0 Å². The van der Waals surface area contributed by atoms with Crippen LogP contribution >= 0.6 is 12.2 Å². The molecule has 3 aromatic carbocycles. The van der Waals surface area contributed by atoms with Crippen molar-refractivity contribution in [2.75, 3.05) is 26.1 Å². The van der Waals surface area contributed by atoms with Crippen molar-refractivity contribution >= 4 is 33.9 Å². The number of H-pyrrole nitrogens is 1. The van der Waals surface area contributed by atoms with Gasteiger partial charge in [-0.1, -0.05) is 42.5 Å². The van der Waals surface area contributed by atoms with Gasteiger partial charge in [0.1, 0.15) is 0 Å². The molecule has 0 saturated carbocycles. The van der Waals surface area contributed by atoms with E-state index in [0.717, 1.165) is 17.5 Å². The molecular weight excluding hydrogens is 458 g/mol. The number of fused-ring (bicyclic) bond motifs is 1. The maximum absolute atomic E-state index is 13.0. The van der Waals surface area contributed by atoms with E-state index in [-0.39, 0.29) is 5.56 Å². The van der Waals surface area contributed by atoms with Crippen LogP contribution in [0.1, 0.15) is 16.7 Å². The molecule has 1 aromatic heterocycles. The summed E-state index contributed by atoms with van der Waals surface area (Å²) >= 11 is 5.78. The Morgan fingerprint density at radius 3 is 2.34 bits per heavy atom. The number of benzene rings is 3. The number of ether oxygens (including phenoxy) is 2. The zero-order chi connectivity index (χ0) is 24.8. The molecule has 4 aromatic rings. The summed E-state index contributed by atoms with van der Waals surface area (Å²) in [6.45, 7) is 3.13. The van der Waals surface area contributed by atoms with Crippen molar-refractivity contribution in [3.8, 4) is 11.5 Å². The van der Waals surface area contributed by atoms with Crippen LogP contribution < -0.4 is 20.3 Å². The number of para-hydroxylation sites is 1. The van der Waals surface area contributed by atoms with Crippen LogP contribution in [0.15, 0.2) is 77.6 Å². The highest BCUT2D eigenvalue weighted by Gasteiger charge is 2.16. The number of thiocarbonyl (C=S) groups is 1. The third-order valence-electron chi connectivity index (χ3n) is 6.01. The third kappa shape index (κ3) is 5.81. The number of aryl methyl sites for hydroxylation is 1. The summed E-state index contributed by atoms with van der Waals surface area (Å²) in [5.74, 6) is 1.17. The van der Waals surface area contributed by atoms with Gasteiger partial charge in [0.2, 0.25) is 0 Å². The van der Waals surface area contributed by atoms with Gasteiger partial charge in [0.05, 0.1) is 26.3 Å². The largest absolute Gasteiger partial charge is 0.493 e. The summed E-state index contributed by atoms with van der Waals surface area (Å²) < 4.78 is 10.8. The van der Waals surface area contributed by atoms with E-state index in [2.05, 4.69) is 29.4 Å². The molecule has 0 spiro atoms. The number of pyridine rings is 1. The number of aromatic nitrogens is 1. The van der Waals surface area contributed by atoms with E-state index in [4.69, 9.17) is 21.7 Å². The van der Waals surface area contributed by atoms with Crippen LogP contribution in [0.25, 0.3) is 10.9 Å². The van der Waals surface area contributed by atoms with Crippen molar-refractivity contribution in [3.05, 3.63) is 99.8 Å². The molecule has 0 unspecified atom stereocenters. The number of hydrogen-bond donors (Lipinski definition) is 2. The Balaban J connectivity index is 1.64. The van der Waals surface area contributed by atoms with E-state index in [1.54, 1.807) is 20.3 Å². The summed E-state index contributed by atoms with van der Waals surface area (Å²) in [4.78, 5) is 18.0. The van der Waals surface area contributed by atoms with Gasteiger partial charge in [-0.25, -0.2) is 0 Å². The molecule has 4 rings (SSSR count). The predicted molar refractivity (Wildman–Crippen MR) is 146 cm³/mol. The molecule has 180 valence electrons. The van der Waals surface area contributed by atoms with Gasteiger partial charge in [-0.15, -0.1) is 0 Å². The lowest BCUT2D eigenvalue weighted by molar-refractivity contribution is 0.355. The number of rotatable bonds is 8. The molecule has 0 radical (unpaired) electrons. The van der Waals surface area contributed by atoms with Crippen LogP contribution in [-0.4, -0.2) is 35.8 Å². The molecule has 0 saturated heterocycles. The zero-order valence-electron chi connectivity index (χ0n) is 20.1. The lowest BCUT2D eigenvalue weighted by Gasteiger charge is -2.26. The quantitative estimate of drug-likeness (QED) is 0.329. The fourth-order valence-corrected chi connectivity index (χ4v) is 4.30. The maximum Gasteiger partial charge on any atom is 0.253 e. The van der Waals surface area contributed by atoms with Gasteiger partial charge in [0.15, 0.2) is 16.6 Å². The number of aromatic amines is 1. The van der Waals surface area contributed by atoms with Gasteiger partial charge < -0.3 is 24.7 Å². The van der Waals surface area contributed by atoms with Gasteiger partial charge in [-0.3, -0.25) is 4.79 Å². The Kier molecular flexibility index (Phi) is 7.67. The summed E-state index contributed by atoms with van der Waals surface area (Å²) in [6.07, 6.45) is 0.805. The fraction of sp³-hybridized carbons (Fsp3) is 0.214. The van der Waals surface area contributed by atoms with Crippen molar-refractivity contribution in [1.82, 2.24) is 9.88 Å². The Morgan fingerprint density at radius 2 is 1.63 bits per heavy atom. The molecule has 0 bridgehead atoms. The second-order valence-electron chi connectivity index (χ2n) is 8.31. The minimum Gasteiger partial charge on any atom is -0.493 e. The number of anilines is 1. The molecule has 0 amide bonds. The van der Waals surface area contributed by atoms with Gasteiger partial charge >= 0.3 is 0 Å². The molecular formula is C28H29N3O3S. The molecule has 35 heavy (non-hydrogen) atoms. The molecule has 2 N–H and O–H groups in total. The zero-order valence-corrected chi connectivity index (χ0v) is 20.9. The molecule has 6 nitrogen and oxygen atoms in total. The lowest BCUT2D eigenvalue weighted by Crippen LogP contribution is -2.37. The summed E-state index contributed by atoms with van der Waals surface area (Å²) in [5, 5.41) is 4.74. The Labute approximate surface area is 210 Å². The van der Waals surface area contributed by atoms with Gasteiger partial charge in [0, 0.05) is 29.2 Å². The standard InChI is InChI=1S/C28H29N3O3S/c1-19-9-7-8-10-20(19)13-14-31(28(35)29-23-11-5-4-6-12-23)18-22-15-21-16-25(33-2)26(34-3)17-24(21)30-27(22)32/h4-12,15-17H,13-14,18H2,1-3H3,(H,29,35)(H,30,32). The fourth-order valence-electron chi connectivity index (χ4n) is 4.02. The molecule has 0 aliphatic heterocycles. The Hall–Kier alpha value is -3.84. The summed E-state index contributed by atoms with van der Waals surface area (Å²) in [6, 6.07) is 23.7. The van der Waals surface area contributed by atoms with E-state index >= 15 is 0 Å². The lowest BCUT2D eigenvalue weighted by atomic mass is 10.1. The van der Waals surface area contributed by atoms with Crippen LogP contribution in [0.4, 0.5) is 5.69 Å². The van der Waals surface area contributed by atoms with E-state index in [1.807, 2.05) is 59.5 Å². The van der Waals surface area contributed by atoms with Crippen molar-refractivity contribution in [3.63, 3.8) is 0 Å². The number of hydrogen-bond acceptors (Lipinski definition) is 4. The van der Waals surface area contributed by atoms with Crippen LogP contribution in [0, 0.1) is 6.92 Å². The van der Waals surface area contributed by atoms with Crippen molar-refractivity contribution in [2.45, 2.75) is 19.9 Å². The number of nitrogens with one attached hydrogen (secondary N) is 2. The van der Waals surface area contributed by atoms with Crippen molar-refractivity contribution < 1.29 is 9.47 Å². The van der Waals surface area contributed by atoms with E-state index < -0.39 is 0 Å². The average Bonchev–Trinajstić information content (AvgIpc) is 2.87.